The second-order valence-electron chi connectivity index (χ2n) is 2.81. The topological polar surface area (TPSA) is 58.0 Å². The van der Waals surface area contributed by atoms with E-state index in [9.17, 15) is 0 Å². The maximum Gasteiger partial charge on any atom is 0.150 e. The van der Waals surface area contributed by atoms with Gasteiger partial charge in [-0.05, 0) is 13.8 Å². The molecule has 4 nitrogen and oxygen atoms in total. The van der Waals surface area contributed by atoms with Gasteiger partial charge >= 0.3 is 0 Å². The molecule has 0 saturated heterocycles. The average molecular weight is 167 g/mol. The molecule has 1 heterocycles. The summed E-state index contributed by atoms with van der Waals surface area (Å²) in [5, 5.41) is 12.0. The van der Waals surface area contributed by atoms with Crippen molar-refractivity contribution in [3.05, 3.63) is 18.1 Å². The van der Waals surface area contributed by atoms with Crippen LogP contribution in [0.2, 0.25) is 0 Å². The molecule has 66 valence electrons. The molecule has 0 aliphatic rings. The van der Waals surface area contributed by atoms with E-state index in [1.165, 1.54) is 0 Å². The van der Waals surface area contributed by atoms with Crippen molar-refractivity contribution in [1.82, 2.24) is 9.97 Å². The molecular formula is C8H13N3O. The standard InChI is InChI=1S/C8H13N3O/c1-6(2)11-8-7(5-12)9-3-4-10-8/h3-4,6,12H,5H2,1-2H3,(H,10,11). The third-order valence-corrected chi connectivity index (χ3v) is 1.35. The quantitative estimate of drug-likeness (QED) is 0.698. The molecule has 0 spiro atoms. The Kier molecular flexibility index (Phi) is 2.99. The van der Waals surface area contributed by atoms with E-state index >= 15 is 0 Å². The van der Waals surface area contributed by atoms with E-state index in [2.05, 4.69) is 15.3 Å². The molecule has 0 unspecified atom stereocenters. The lowest BCUT2D eigenvalue weighted by atomic mass is 10.3. The van der Waals surface area contributed by atoms with E-state index in [-0.39, 0.29) is 6.61 Å². The molecule has 12 heavy (non-hydrogen) atoms. The van der Waals surface area contributed by atoms with Gasteiger partial charge in [-0.15, -0.1) is 0 Å². The molecule has 0 aliphatic carbocycles. The number of rotatable bonds is 3. The van der Waals surface area contributed by atoms with Crippen molar-refractivity contribution in [2.24, 2.45) is 0 Å². The van der Waals surface area contributed by atoms with Gasteiger partial charge in [-0.1, -0.05) is 0 Å². The number of aliphatic hydroxyl groups excluding tert-OH is 1. The van der Waals surface area contributed by atoms with Gasteiger partial charge in [0.1, 0.15) is 11.5 Å². The Hall–Kier alpha value is -1.16. The molecule has 1 aromatic rings. The molecule has 0 aliphatic heterocycles. The minimum absolute atomic E-state index is 0.0805. The van der Waals surface area contributed by atoms with Crippen molar-refractivity contribution in [3.8, 4) is 0 Å². The highest BCUT2D eigenvalue weighted by Gasteiger charge is 2.03. The Morgan fingerprint density at radius 1 is 1.42 bits per heavy atom. The van der Waals surface area contributed by atoms with Gasteiger partial charge in [-0.3, -0.25) is 4.98 Å². The second kappa shape index (κ2) is 4.01. The second-order valence-corrected chi connectivity index (χ2v) is 2.81. The van der Waals surface area contributed by atoms with Crippen LogP contribution in [0.1, 0.15) is 19.5 Å². The van der Waals surface area contributed by atoms with Gasteiger partial charge in [-0.25, -0.2) is 4.98 Å². The normalized spacial score (nSPS) is 10.3. The molecule has 2 N–H and O–H groups in total. The molecule has 1 rings (SSSR count). The number of aromatic nitrogens is 2. The zero-order valence-electron chi connectivity index (χ0n) is 7.28. The molecule has 0 amide bonds. The van der Waals surface area contributed by atoms with Crippen LogP contribution in [0.5, 0.6) is 0 Å². The summed E-state index contributed by atoms with van der Waals surface area (Å²) in [5.41, 5.74) is 0.589. The van der Waals surface area contributed by atoms with Crippen LogP contribution in [0.25, 0.3) is 0 Å². The number of hydrogen-bond donors (Lipinski definition) is 2. The molecule has 0 fully saturated rings. The van der Waals surface area contributed by atoms with Crippen LogP contribution in [-0.2, 0) is 6.61 Å². The first-order valence-electron chi connectivity index (χ1n) is 3.91. The van der Waals surface area contributed by atoms with Gasteiger partial charge in [0.25, 0.3) is 0 Å². The smallest absolute Gasteiger partial charge is 0.150 e. The highest BCUT2D eigenvalue weighted by molar-refractivity contribution is 5.39. The fraction of sp³-hybridized carbons (Fsp3) is 0.500. The maximum atomic E-state index is 8.89. The monoisotopic (exact) mass is 167 g/mol. The van der Waals surface area contributed by atoms with Gasteiger partial charge in [0, 0.05) is 18.4 Å². The predicted octanol–water partition coefficient (Wildman–Crippen LogP) is 0.789. The van der Waals surface area contributed by atoms with Gasteiger partial charge in [0.2, 0.25) is 0 Å². The fourth-order valence-electron chi connectivity index (χ4n) is 0.877. The van der Waals surface area contributed by atoms with Crippen LogP contribution < -0.4 is 5.32 Å². The van der Waals surface area contributed by atoms with Crippen LogP contribution in [-0.4, -0.2) is 21.1 Å². The molecule has 0 atom stereocenters. The maximum absolute atomic E-state index is 8.89. The van der Waals surface area contributed by atoms with E-state index in [1.54, 1.807) is 12.4 Å². The molecule has 1 aromatic heterocycles. The van der Waals surface area contributed by atoms with Crippen LogP contribution in [0.4, 0.5) is 5.82 Å². The van der Waals surface area contributed by atoms with E-state index in [0.717, 1.165) is 0 Å². The third kappa shape index (κ3) is 2.17. The Bertz CT molecular complexity index is 250. The number of aliphatic hydroxyl groups is 1. The zero-order valence-corrected chi connectivity index (χ0v) is 7.28. The first-order chi connectivity index (χ1) is 5.74. The molecule has 0 radical (unpaired) electrons. The number of anilines is 1. The van der Waals surface area contributed by atoms with E-state index < -0.39 is 0 Å². The lowest BCUT2D eigenvalue weighted by Crippen LogP contribution is -2.13. The molecule has 4 heteroatoms. The fourth-order valence-corrected chi connectivity index (χ4v) is 0.877. The molecule has 0 saturated carbocycles. The first kappa shape index (κ1) is 8.93. The number of nitrogens with zero attached hydrogens (tertiary/aromatic N) is 2. The van der Waals surface area contributed by atoms with Gasteiger partial charge in [-0.2, -0.15) is 0 Å². The summed E-state index contributed by atoms with van der Waals surface area (Å²) in [6.45, 7) is 3.94. The van der Waals surface area contributed by atoms with Crippen LogP contribution in [0.15, 0.2) is 12.4 Å². The Morgan fingerprint density at radius 2 is 2.08 bits per heavy atom. The largest absolute Gasteiger partial charge is 0.390 e. The van der Waals surface area contributed by atoms with Crippen molar-refractivity contribution in [1.29, 1.82) is 0 Å². The molecular weight excluding hydrogens is 154 g/mol. The van der Waals surface area contributed by atoms with Crippen molar-refractivity contribution in [2.75, 3.05) is 5.32 Å². The lowest BCUT2D eigenvalue weighted by Gasteiger charge is -2.10. The van der Waals surface area contributed by atoms with Crippen molar-refractivity contribution in [2.45, 2.75) is 26.5 Å². The molecule has 0 bridgehead atoms. The van der Waals surface area contributed by atoms with Crippen LogP contribution >= 0.6 is 0 Å². The van der Waals surface area contributed by atoms with Crippen LogP contribution in [0.3, 0.4) is 0 Å². The summed E-state index contributed by atoms with van der Waals surface area (Å²) < 4.78 is 0. The van der Waals surface area contributed by atoms with E-state index in [1.807, 2.05) is 13.8 Å². The lowest BCUT2D eigenvalue weighted by molar-refractivity contribution is 0.277. The van der Waals surface area contributed by atoms with Gasteiger partial charge in [0.05, 0.1) is 6.61 Å². The van der Waals surface area contributed by atoms with Crippen molar-refractivity contribution < 1.29 is 5.11 Å². The minimum Gasteiger partial charge on any atom is -0.390 e. The number of hydrogen-bond acceptors (Lipinski definition) is 4. The van der Waals surface area contributed by atoms with Gasteiger partial charge < -0.3 is 10.4 Å². The van der Waals surface area contributed by atoms with Crippen LogP contribution in [0, 0.1) is 0 Å². The average Bonchev–Trinajstić information content (AvgIpc) is 2.04. The Labute approximate surface area is 71.7 Å². The first-order valence-corrected chi connectivity index (χ1v) is 3.91. The molecule has 0 aromatic carbocycles. The summed E-state index contributed by atoms with van der Waals surface area (Å²) in [5.74, 6) is 0.662. The zero-order chi connectivity index (χ0) is 8.97. The van der Waals surface area contributed by atoms with Crippen molar-refractivity contribution in [3.63, 3.8) is 0 Å². The Morgan fingerprint density at radius 3 is 2.67 bits per heavy atom. The Balaban J connectivity index is 2.82. The van der Waals surface area contributed by atoms with E-state index in [4.69, 9.17) is 5.11 Å². The number of nitrogens with one attached hydrogen (secondary N) is 1. The summed E-state index contributed by atoms with van der Waals surface area (Å²) in [6, 6.07) is 0.298. The highest BCUT2D eigenvalue weighted by atomic mass is 16.3. The predicted molar refractivity (Wildman–Crippen MR) is 46.7 cm³/mol. The third-order valence-electron chi connectivity index (χ3n) is 1.35. The van der Waals surface area contributed by atoms with Crippen molar-refractivity contribution >= 4 is 5.82 Å². The van der Waals surface area contributed by atoms with Gasteiger partial charge in [0.15, 0.2) is 0 Å². The van der Waals surface area contributed by atoms with E-state index in [0.29, 0.717) is 17.6 Å². The summed E-state index contributed by atoms with van der Waals surface area (Å²) in [4.78, 5) is 8.03. The summed E-state index contributed by atoms with van der Waals surface area (Å²) >= 11 is 0. The minimum atomic E-state index is -0.0805. The highest BCUT2D eigenvalue weighted by Crippen LogP contribution is 2.08. The summed E-state index contributed by atoms with van der Waals surface area (Å²) in [6.07, 6.45) is 3.17. The summed E-state index contributed by atoms with van der Waals surface area (Å²) in [7, 11) is 0. The SMILES string of the molecule is CC(C)Nc1nccnc1CO.